The fraction of sp³-hybridized carbons (Fsp3) is 0.786. The van der Waals surface area contributed by atoms with Crippen molar-refractivity contribution >= 4 is 10.1 Å². The molecule has 1 aromatic rings. The number of ether oxygens (including phenoxy) is 1. The molecule has 0 aliphatic rings. The average Bonchev–Trinajstić information content (AvgIpc) is 2.78. The van der Waals surface area contributed by atoms with E-state index in [1.54, 1.807) is 6.92 Å². The number of para-hydroxylation sites is 1. The van der Waals surface area contributed by atoms with Gasteiger partial charge in [-0.05, 0) is 50.7 Å². The standard InChI is InChI=1S/C28H50O4S.Na/c1-5-7-9-11-13-15-17-20-26-22-19-23-27(21-18-16-14-12-10-8-6-2)28(26)32-24(3)25(4)33(29,30)31;/h19,22-25H,5-18,20-21H2,1-4H3,(H,29,30,31);/q;+1/p-1. The molecule has 0 fully saturated rings. The molecule has 0 saturated carbocycles. The molecule has 6 heteroatoms. The van der Waals surface area contributed by atoms with E-state index < -0.39 is 21.5 Å². The number of hydrogen-bond acceptors (Lipinski definition) is 4. The van der Waals surface area contributed by atoms with E-state index in [9.17, 15) is 13.0 Å². The van der Waals surface area contributed by atoms with E-state index in [1.165, 1.54) is 84.0 Å². The number of benzene rings is 1. The Morgan fingerprint density at radius 3 is 1.50 bits per heavy atom. The van der Waals surface area contributed by atoms with Crippen LogP contribution >= 0.6 is 0 Å². The third-order valence-electron chi connectivity index (χ3n) is 6.70. The Morgan fingerprint density at radius 2 is 1.12 bits per heavy atom. The van der Waals surface area contributed by atoms with E-state index >= 15 is 0 Å². The molecule has 2 atom stereocenters. The number of unbranched alkanes of at least 4 members (excludes halogenated alkanes) is 12. The summed E-state index contributed by atoms with van der Waals surface area (Å²) in [5, 5.41) is -1.07. The quantitative estimate of drug-likeness (QED) is 0.143. The van der Waals surface area contributed by atoms with Gasteiger partial charge in [-0.25, -0.2) is 8.42 Å². The van der Waals surface area contributed by atoms with Crippen molar-refractivity contribution in [3.05, 3.63) is 29.3 Å². The summed E-state index contributed by atoms with van der Waals surface area (Å²) in [6.07, 6.45) is 18.7. The third kappa shape index (κ3) is 14.5. The fourth-order valence-corrected chi connectivity index (χ4v) is 4.77. The van der Waals surface area contributed by atoms with Gasteiger partial charge in [0.05, 0.1) is 5.25 Å². The zero-order valence-corrected chi connectivity index (χ0v) is 25.6. The van der Waals surface area contributed by atoms with Crippen LogP contribution in [0.1, 0.15) is 129 Å². The van der Waals surface area contributed by atoms with Crippen molar-refractivity contribution in [2.45, 2.75) is 142 Å². The summed E-state index contributed by atoms with van der Waals surface area (Å²) < 4.78 is 40.8. The van der Waals surface area contributed by atoms with Gasteiger partial charge >= 0.3 is 29.6 Å². The van der Waals surface area contributed by atoms with Gasteiger partial charge < -0.3 is 9.29 Å². The van der Waals surface area contributed by atoms with Crippen LogP contribution in [0.4, 0.5) is 0 Å². The second-order valence-corrected chi connectivity index (χ2v) is 11.4. The zero-order chi connectivity index (χ0) is 24.5. The Hall–Kier alpha value is -0.0700. The van der Waals surface area contributed by atoms with Gasteiger partial charge in [0, 0.05) is 0 Å². The SMILES string of the molecule is CCCCCCCCCc1cccc(CCCCCCCCC)c1OC(C)C(C)S(=O)(=O)[O-].[Na+]. The Morgan fingerprint density at radius 1 is 0.735 bits per heavy atom. The summed E-state index contributed by atoms with van der Waals surface area (Å²) in [6, 6.07) is 6.30. The van der Waals surface area contributed by atoms with Crippen LogP contribution < -0.4 is 34.3 Å². The first kappa shape index (κ1) is 33.9. The van der Waals surface area contributed by atoms with E-state index in [0.29, 0.717) is 0 Å². The van der Waals surface area contributed by atoms with Crippen molar-refractivity contribution in [3.63, 3.8) is 0 Å². The molecule has 0 aliphatic heterocycles. The van der Waals surface area contributed by atoms with Crippen LogP contribution in [0, 0.1) is 0 Å². The van der Waals surface area contributed by atoms with E-state index in [1.807, 2.05) is 0 Å². The molecule has 0 N–H and O–H groups in total. The van der Waals surface area contributed by atoms with E-state index in [0.717, 1.165) is 42.6 Å². The van der Waals surface area contributed by atoms with Crippen molar-refractivity contribution in [1.29, 1.82) is 0 Å². The van der Waals surface area contributed by atoms with Crippen molar-refractivity contribution in [3.8, 4) is 5.75 Å². The molecule has 0 heterocycles. The Kier molecular flexibility index (Phi) is 20.0. The molecule has 2 unspecified atom stereocenters. The van der Waals surface area contributed by atoms with Crippen molar-refractivity contribution in [2.75, 3.05) is 0 Å². The average molecular weight is 505 g/mol. The summed E-state index contributed by atoms with van der Waals surface area (Å²) in [5.41, 5.74) is 2.29. The number of aryl methyl sites for hydroxylation is 2. The van der Waals surface area contributed by atoms with Gasteiger partial charge in [0.25, 0.3) is 0 Å². The molecule has 0 amide bonds. The maximum Gasteiger partial charge on any atom is 1.00 e. The van der Waals surface area contributed by atoms with Crippen molar-refractivity contribution in [2.24, 2.45) is 0 Å². The second kappa shape index (κ2) is 20.0. The normalized spacial score (nSPS) is 13.3. The minimum absolute atomic E-state index is 0. The monoisotopic (exact) mass is 504 g/mol. The summed E-state index contributed by atoms with van der Waals surface area (Å²) in [4.78, 5) is 0. The summed E-state index contributed by atoms with van der Waals surface area (Å²) in [6.45, 7) is 7.62. The van der Waals surface area contributed by atoms with Crippen LogP contribution in [0.3, 0.4) is 0 Å². The van der Waals surface area contributed by atoms with Crippen LogP contribution in [-0.2, 0) is 23.0 Å². The summed E-state index contributed by atoms with van der Waals surface area (Å²) in [5.74, 6) is 0.817. The van der Waals surface area contributed by atoms with Crippen LogP contribution in [0.25, 0.3) is 0 Å². The fourth-order valence-electron chi connectivity index (χ4n) is 4.24. The van der Waals surface area contributed by atoms with Gasteiger partial charge in [-0.15, -0.1) is 0 Å². The minimum atomic E-state index is -4.39. The predicted molar refractivity (Wildman–Crippen MR) is 139 cm³/mol. The molecular formula is C28H49NaO4S. The van der Waals surface area contributed by atoms with Crippen LogP contribution in [0.2, 0.25) is 0 Å². The zero-order valence-electron chi connectivity index (χ0n) is 22.7. The Labute approximate surface area is 233 Å². The van der Waals surface area contributed by atoms with Crippen molar-refractivity contribution < 1.29 is 47.3 Å². The first-order valence-corrected chi connectivity index (χ1v) is 15.0. The van der Waals surface area contributed by atoms with E-state index in [4.69, 9.17) is 4.74 Å². The third-order valence-corrected chi connectivity index (χ3v) is 7.99. The van der Waals surface area contributed by atoms with Gasteiger partial charge in [0.1, 0.15) is 22.0 Å². The van der Waals surface area contributed by atoms with Crippen LogP contribution in [-0.4, -0.2) is 24.3 Å². The van der Waals surface area contributed by atoms with Gasteiger partial charge in [-0.1, -0.05) is 109 Å². The topological polar surface area (TPSA) is 66.4 Å². The molecule has 0 bridgehead atoms. The maximum atomic E-state index is 11.5. The molecule has 1 rings (SSSR count). The van der Waals surface area contributed by atoms with Crippen LogP contribution in [0.15, 0.2) is 18.2 Å². The molecule has 0 aliphatic carbocycles. The largest absolute Gasteiger partial charge is 1.00 e. The molecule has 34 heavy (non-hydrogen) atoms. The molecule has 192 valence electrons. The van der Waals surface area contributed by atoms with Gasteiger partial charge in [-0.2, -0.15) is 0 Å². The van der Waals surface area contributed by atoms with Gasteiger partial charge in [-0.3, -0.25) is 0 Å². The van der Waals surface area contributed by atoms with E-state index in [-0.39, 0.29) is 29.6 Å². The molecular weight excluding hydrogens is 455 g/mol. The predicted octanol–water partition coefficient (Wildman–Crippen LogP) is 4.98. The molecule has 0 aromatic heterocycles. The van der Waals surface area contributed by atoms with Crippen LogP contribution in [0.5, 0.6) is 5.75 Å². The molecule has 0 radical (unpaired) electrons. The summed E-state index contributed by atoms with van der Waals surface area (Å²) >= 11 is 0. The second-order valence-electron chi connectivity index (χ2n) is 9.67. The summed E-state index contributed by atoms with van der Waals surface area (Å²) in [7, 11) is -4.39. The minimum Gasteiger partial charge on any atom is -0.748 e. The number of rotatable bonds is 20. The first-order valence-electron chi connectivity index (χ1n) is 13.5. The Balaban J connectivity index is 0.0000109. The smallest absolute Gasteiger partial charge is 0.748 e. The van der Waals surface area contributed by atoms with Gasteiger partial charge in [0.2, 0.25) is 0 Å². The molecule has 4 nitrogen and oxygen atoms in total. The number of hydrogen-bond donors (Lipinski definition) is 0. The molecule has 0 spiro atoms. The maximum absolute atomic E-state index is 11.5. The first-order chi connectivity index (χ1) is 15.8. The van der Waals surface area contributed by atoms with Crippen molar-refractivity contribution in [1.82, 2.24) is 0 Å². The van der Waals surface area contributed by atoms with Gasteiger partial charge in [0.15, 0.2) is 0 Å². The van der Waals surface area contributed by atoms with E-state index in [2.05, 4.69) is 32.0 Å². The Bertz CT molecular complexity index is 700. The molecule has 0 saturated heterocycles. The molecule has 1 aromatic carbocycles.